The van der Waals surface area contributed by atoms with Crippen molar-refractivity contribution in [1.29, 1.82) is 0 Å². The molecule has 0 radical (unpaired) electrons. The van der Waals surface area contributed by atoms with Crippen LogP contribution in [0.4, 0.5) is 0 Å². The van der Waals surface area contributed by atoms with Crippen molar-refractivity contribution in [2.45, 2.75) is 6.54 Å². The maximum absolute atomic E-state index is 12.9. The van der Waals surface area contributed by atoms with Gasteiger partial charge in [0.2, 0.25) is 5.91 Å². The van der Waals surface area contributed by atoms with Gasteiger partial charge in [-0.25, -0.2) is 4.52 Å². The van der Waals surface area contributed by atoms with Crippen LogP contribution in [-0.2, 0) is 6.54 Å². The highest BCUT2D eigenvalue weighted by Crippen LogP contribution is 2.17. The Morgan fingerprint density at radius 2 is 1.79 bits per heavy atom. The zero-order chi connectivity index (χ0) is 16.7. The molecule has 24 heavy (non-hydrogen) atoms. The number of hydrogen-bond donors (Lipinski definition) is 1. The van der Waals surface area contributed by atoms with Crippen molar-refractivity contribution in [1.82, 2.24) is 14.2 Å². The number of hydrogen-bond acceptors (Lipinski definition) is 3. The third kappa shape index (κ3) is 2.16. The number of nitrogens with two attached hydrogens (primary N) is 1. The first kappa shape index (κ1) is 14.2. The average molecular weight is 318 g/mol. The molecule has 0 fully saturated rings. The number of carbonyl (C=O) groups excluding carboxylic acids is 1. The fourth-order valence-corrected chi connectivity index (χ4v) is 2.90. The summed E-state index contributed by atoms with van der Waals surface area (Å²) in [6.45, 7) is 0.403. The van der Waals surface area contributed by atoms with E-state index in [1.165, 1.54) is 0 Å². The maximum Gasteiger partial charge on any atom is 0.277 e. The molecule has 4 aromatic rings. The van der Waals surface area contributed by atoms with Crippen LogP contribution in [0.1, 0.15) is 15.9 Å². The van der Waals surface area contributed by atoms with E-state index in [2.05, 4.69) is 5.10 Å². The SMILES string of the molecule is NC(=O)c1ccc2c(c1)n(Cc1ccccc1)c(=O)c1ccnn12. The quantitative estimate of drug-likeness (QED) is 0.625. The van der Waals surface area contributed by atoms with Crippen LogP contribution in [0.5, 0.6) is 0 Å². The molecule has 0 unspecified atom stereocenters. The van der Waals surface area contributed by atoms with Crippen LogP contribution in [0.15, 0.2) is 65.6 Å². The maximum atomic E-state index is 12.9. The number of benzene rings is 2. The highest BCUT2D eigenvalue weighted by Gasteiger charge is 2.13. The van der Waals surface area contributed by atoms with Crippen LogP contribution in [0.2, 0.25) is 0 Å². The fraction of sp³-hybridized carbons (Fsp3) is 0.0556. The highest BCUT2D eigenvalue weighted by atomic mass is 16.1. The van der Waals surface area contributed by atoms with Crippen LogP contribution >= 0.6 is 0 Å². The zero-order valence-electron chi connectivity index (χ0n) is 12.7. The van der Waals surface area contributed by atoms with E-state index in [-0.39, 0.29) is 5.56 Å². The van der Waals surface area contributed by atoms with E-state index in [0.29, 0.717) is 23.1 Å². The topological polar surface area (TPSA) is 82.4 Å². The first-order valence-electron chi connectivity index (χ1n) is 7.49. The van der Waals surface area contributed by atoms with E-state index in [4.69, 9.17) is 5.73 Å². The van der Waals surface area contributed by atoms with Crippen LogP contribution in [0, 0.1) is 0 Å². The zero-order valence-corrected chi connectivity index (χ0v) is 12.7. The Morgan fingerprint density at radius 1 is 1.00 bits per heavy atom. The van der Waals surface area contributed by atoms with Gasteiger partial charge in [0, 0.05) is 5.56 Å². The van der Waals surface area contributed by atoms with E-state index in [9.17, 15) is 9.59 Å². The molecule has 0 aliphatic rings. The highest BCUT2D eigenvalue weighted by molar-refractivity contribution is 5.96. The van der Waals surface area contributed by atoms with Crippen molar-refractivity contribution in [3.05, 3.63) is 82.3 Å². The molecule has 0 aliphatic heterocycles. The van der Waals surface area contributed by atoms with Crippen molar-refractivity contribution in [3.63, 3.8) is 0 Å². The summed E-state index contributed by atoms with van der Waals surface area (Å²) < 4.78 is 3.23. The Bertz CT molecular complexity index is 1130. The lowest BCUT2D eigenvalue weighted by atomic mass is 10.1. The Hall–Kier alpha value is -3.41. The van der Waals surface area contributed by atoms with E-state index >= 15 is 0 Å². The third-order valence-corrected chi connectivity index (χ3v) is 4.07. The van der Waals surface area contributed by atoms with Gasteiger partial charge in [0.05, 0.1) is 23.8 Å². The molecule has 0 saturated heterocycles. The van der Waals surface area contributed by atoms with Crippen LogP contribution in [-0.4, -0.2) is 20.1 Å². The normalized spacial score (nSPS) is 11.2. The van der Waals surface area contributed by atoms with Crippen molar-refractivity contribution < 1.29 is 4.79 Å². The lowest BCUT2D eigenvalue weighted by Crippen LogP contribution is -2.24. The van der Waals surface area contributed by atoms with E-state index in [1.54, 1.807) is 39.5 Å². The van der Waals surface area contributed by atoms with Gasteiger partial charge in [-0.3, -0.25) is 9.59 Å². The first-order chi connectivity index (χ1) is 11.6. The number of rotatable bonds is 3. The molecule has 1 amide bonds. The predicted octanol–water partition coefficient (Wildman–Crippen LogP) is 1.80. The van der Waals surface area contributed by atoms with Crippen LogP contribution in [0.25, 0.3) is 16.6 Å². The molecule has 4 rings (SSSR count). The summed E-state index contributed by atoms with van der Waals surface area (Å²) in [6.07, 6.45) is 1.59. The largest absolute Gasteiger partial charge is 0.366 e. The number of aromatic nitrogens is 3. The van der Waals surface area contributed by atoms with Crippen molar-refractivity contribution in [3.8, 4) is 0 Å². The van der Waals surface area contributed by atoms with Gasteiger partial charge in [-0.05, 0) is 29.8 Å². The van der Waals surface area contributed by atoms with Crippen LogP contribution in [0.3, 0.4) is 0 Å². The second-order valence-corrected chi connectivity index (χ2v) is 5.57. The van der Waals surface area contributed by atoms with E-state index < -0.39 is 5.91 Å². The minimum absolute atomic E-state index is 0.162. The van der Waals surface area contributed by atoms with Gasteiger partial charge in [-0.2, -0.15) is 5.10 Å². The molecular formula is C18H14N4O2. The van der Waals surface area contributed by atoms with Gasteiger partial charge in [0.15, 0.2) is 0 Å². The molecule has 2 heterocycles. The second-order valence-electron chi connectivity index (χ2n) is 5.57. The Balaban J connectivity index is 2.07. The first-order valence-corrected chi connectivity index (χ1v) is 7.49. The van der Waals surface area contributed by atoms with Gasteiger partial charge >= 0.3 is 0 Å². The van der Waals surface area contributed by atoms with Crippen molar-refractivity contribution in [2.75, 3.05) is 0 Å². The number of nitrogens with zero attached hydrogens (tertiary/aromatic N) is 3. The molecule has 118 valence electrons. The molecule has 2 aromatic heterocycles. The smallest absolute Gasteiger partial charge is 0.277 e. The molecule has 6 nitrogen and oxygen atoms in total. The summed E-state index contributed by atoms with van der Waals surface area (Å²) in [5, 5.41) is 4.22. The third-order valence-electron chi connectivity index (χ3n) is 4.07. The number of carbonyl (C=O) groups is 1. The summed E-state index contributed by atoms with van der Waals surface area (Å²) in [5.74, 6) is -0.531. The Labute approximate surface area is 136 Å². The fourth-order valence-electron chi connectivity index (χ4n) is 2.90. The van der Waals surface area contributed by atoms with Gasteiger partial charge in [-0.1, -0.05) is 30.3 Å². The summed E-state index contributed by atoms with van der Waals surface area (Å²) in [6, 6.07) is 16.4. The lowest BCUT2D eigenvalue weighted by molar-refractivity contribution is 0.100. The van der Waals surface area contributed by atoms with Gasteiger partial charge in [0.1, 0.15) is 5.52 Å². The summed E-state index contributed by atoms with van der Waals surface area (Å²) in [7, 11) is 0. The monoisotopic (exact) mass is 318 g/mol. The molecular weight excluding hydrogens is 304 g/mol. The van der Waals surface area contributed by atoms with Gasteiger partial charge < -0.3 is 10.3 Å². The second kappa shape index (κ2) is 5.34. The molecule has 2 aromatic carbocycles. The standard InChI is InChI=1S/C18H14N4O2/c19-17(23)13-6-7-14-16(10-13)21(11-12-4-2-1-3-5-12)18(24)15-8-9-20-22(14)15/h1-10H,11H2,(H2,19,23). The minimum atomic E-state index is -0.531. The molecule has 6 heteroatoms. The Morgan fingerprint density at radius 3 is 2.54 bits per heavy atom. The predicted molar refractivity (Wildman–Crippen MR) is 91.0 cm³/mol. The lowest BCUT2D eigenvalue weighted by Gasteiger charge is -2.13. The minimum Gasteiger partial charge on any atom is -0.366 e. The molecule has 0 bridgehead atoms. The van der Waals surface area contributed by atoms with E-state index in [0.717, 1.165) is 11.1 Å². The molecule has 0 saturated carbocycles. The number of primary amides is 1. The van der Waals surface area contributed by atoms with Crippen LogP contribution < -0.4 is 11.3 Å². The van der Waals surface area contributed by atoms with Crippen molar-refractivity contribution in [2.24, 2.45) is 5.73 Å². The average Bonchev–Trinajstić information content (AvgIpc) is 3.09. The molecule has 0 atom stereocenters. The number of amides is 1. The van der Waals surface area contributed by atoms with Gasteiger partial charge in [0.25, 0.3) is 5.56 Å². The molecule has 0 aliphatic carbocycles. The Kier molecular flexibility index (Phi) is 3.16. The summed E-state index contributed by atoms with van der Waals surface area (Å²) >= 11 is 0. The number of fused-ring (bicyclic) bond motifs is 3. The van der Waals surface area contributed by atoms with E-state index in [1.807, 2.05) is 30.3 Å². The van der Waals surface area contributed by atoms with Crippen molar-refractivity contribution >= 4 is 22.5 Å². The molecule has 0 spiro atoms. The van der Waals surface area contributed by atoms with Gasteiger partial charge in [-0.15, -0.1) is 0 Å². The molecule has 2 N–H and O–H groups in total. The summed E-state index contributed by atoms with van der Waals surface area (Å²) in [5.41, 5.74) is 8.44. The summed E-state index contributed by atoms with van der Waals surface area (Å²) in [4.78, 5) is 24.4.